The Morgan fingerprint density at radius 1 is 1.40 bits per heavy atom. The monoisotopic (exact) mass is 212 g/mol. The minimum atomic E-state index is -3.83. The molecule has 1 rings (SSSR count). The van der Waals surface area contributed by atoms with Gasteiger partial charge in [0.05, 0.1) is 0 Å². The van der Waals surface area contributed by atoms with E-state index in [-0.39, 0.29) is 5.56 Å². The van der Waals surface area contributed by atoms with Crippen LogP contribution in [0.15, 0.2) is 43.0 Å². The van der Waals surface area contributed by atoms with Crippen molar-refractivity contribution in [3.63, 3.8) is 0 Å². The van der Waals surface area contributed by atoms with Crippen LogP contribution >= 0.6 is 0 Å². The summed E-state index contributed by atoms with van der Waals surface area (Å²) in [6, 6.07) is 7.30. The van der Waals surface area contributed by atoms with Gasteiger partial charge < -0.3 is 5.11 Å². The van der Waals surface area contributed by atoms with Gasteiger partial charge in [-0.25, -0.2) is 0 Å². The fourth-order valence-corrected chi connectivity index (χ4v) is 1.12. The number of rotatable bonds is 4. The molecule has 0 spiro atoms. The van der Waals surface area contributed by atoms with E-state index in [0.717, 1.165) is 0 Å². The molecule has 1 atom stereocenters. The zero-order valence-corrected chi connectivity index (χ0v) is 7.86. The first-order valence-corrected chi connectivity index (χ1v) is 4.28. The van der Waals surface area contributed by atoms with Crippen LogP contribution in [0.1, 0.15) is 11.7 Å². The third kappa shape index (κ3) is 2.27. The number of halogens is 2. The summed E-state index contributed by atoms with van der Waals surface area (Å²) >= 11 is 0. The average molecular weight is 212 g/mol. The minimum Gasteiger partial charge on any atom is -0.382 e. The maximum absolute atomic E-state index is 13.2. The molecule has 15 heavy (non-hydrogen) atoms. The van der Waals surface area contributed by atoms with Gasteiger partial charge in [0.15, 0.2) is 6.10 Å². The molecule has 1 N–H and O–H groups in total. The molecule has 0 fully saturated rings. The number of carbonyl (C=O) groups excluding carboxylic acids is 1. The van der Waals surface area contributed by atoms with Gasteiger partial charge in [-0.3, -0.25) is 4.79 Å². The summed E-state index contributed by atoms with van der Waals surface area (Å²) in [6.45, 7) is 2.96. The second-order valence-corrected chi connectivity index (χ2v) is 3.00. The van der Waals surface area contributed by atoms with Gasteiger partial charge in [0.1, 0.15) is 0 Å². The highest BCUT2D eigenvalue weighted by molar-refractivity contribution is 5.95. The summed E-state index contributed by atoms with van der Waals surface area (Å²) < 4.78 is 26.5. The fraction of sp³-hybridized carbons (Fsp3) is 0.182. The maximum atomic E-state index is 13.2. The van der Waals surface area contributed by atoms with E-state index < -0.39 is 17.8 Å². The number of aliphatic hydroxyl groups is 1. The van der Waals surface area contributed by atoms with Gasteiger partial charge in [0.2, 0.25) is 5.78 Å². The lowest BCUT2D eigenvalue weighted by Gasteiger charge is -2.19. The van der Waals surface area contributed by atoms with E-state index in [9.17, 15) is 18.7 Å². The van der Waals surface area contributed by atoms with Crippen molar-refractivity contribution in [1.29, 1.82) is 0 Å². The number of aliphatic hydroxyl groups excluding tert-OH is 1. The third-order valence-electron chi connectivity index (χ3n) is 1.97. The molecule has 0 aliphatic carbocycles. The molecule has 0 radical (unpaired) electrons. The number of alkyl halides is 2. The second-order valence-electron chi connectivity index (χ2n) is 3.00. The van der Waals surface area contributed by atoms with Crippen LogP contribution in [-0.2, 0) is 4.79 Å². The van der Waals surface area contributed by atoms with E-state index >= 15 is 0 Å². The van der Waals surface area contributed by atoms with Crippen molar-refractivity contribution >= 4 is 5.78 Å². The Balaban J connectivity index is 2.99. The normalized spacial score (nSPS) is 13.3. The molecule has 0 aliphatic rings. The van der Waals surface area contributed by atoms with Gasteiger partial charge in [-0.1, -0.05) is 36.9 Å². The van der Waals surface area contributed by atoms with Gasteiger partial charge in [0, 0.05) is 0 Å². The molecule has 0 amide bonds. The number of ketones is 1. The Hall–Kier alpha value is -1.55. The first kappa shape index (κ1) is 11.5. The van der Waals surface area contributed by atoms with Crippen LogP contribution in [0.4, 0.5) is 8.78 Å². The molecule has 1 unspecified atom stereocenters. The van der Waals surface area contributed by atoms with Gasteiger partial charge in [0.25, 0.3) is 0 Å². The van der Waals surface area contributed by atoms with Crippen LogP contribution in [0.3, 0.4) is 0 Å². The molecular formula is C11H10F2O2. The zero-order valence-electron chi connectivity index (χ0n) is 7.86. The average Bonchev–Trinajstić information content (AvgIpc) is 2.28. The van der Waals surface area contributed by atoms with Gasteiger partial charge in [-0.05, 0) is 11.6 Å². The SMILES string of the molecule is C=CC(=O)C(F)(F)C(O)c1ccccc1. The Morgan fingerprint density at radius 2 is 1.93 bits per heavy atom. The highest BCUT2D eigenvalue weighted by Crippen LogP contribution is 2.32. The van der Waals surface area contributed by atoms with Gasteiger partial charge >= 0.3 is 5.92 Å². The van der Waals surface area contributed by atoms with E-state index in [1.165, 1.54) is 24.3 Å². The zero-order chi connectivity index (χ0) is 11.5. The largest absolute Gasteiger partial charge is 0.382 e. The molecule has 0 aromatic heterocycles. The molecule has 0 heterocycles. The number of hydrogen-bond donors (Lipinski definition) is 1. The Kier molecular flexibility index (Phi) is 3.31. The van der Waals surface area contributed by atoms with Crippen molar-refractivity contribution in [1.82, 2.24) is 0 Å². The smallest absolute Gasteiger partial charge is 0.338 e. The summed E-state index contributed by atoms with van der Waals surface area (Å²) in [4.78, 5) is 10.8. The van der Waals surface area contributed by atoms with E-state index in [2.05, 4.69) is 6.58 Å². The lowest BCUT2D eigenvalue weighted by Crippen LogP contribution is -2.34. The van der Waals surface area contributed by atoms with Crippen LogP contribution in [0.25, 0.3) is 0 Å². The van der Waals surface area contributed by atoms with E-state index in [1.807, 2.05) is 0 Å². The molecule has 80 valence electrons. The van der Waals surface area contributed by atoms with Crippen LogP contribution in [0.5, 0.6) is 0 Å². The Labute approximate surface area is 85.9 Å². The van der Waals surface area contributed by atoms with Crippen LogP contribution < -0.4 is 0 Å². The van der Waals surface area contributed by atoms with Crippen molar-refractivity contribution in [2.45, 2.75) is 12.0 Å². The Morgan fingerprint density at radius 3 is 2.40 bits per heavy atom. The van der Waals surface area contributed by atoms with Crippen LogP contribution in [0, 0.1) is 0 Å². The minimum absolute atomic E-state index is 0.00213. The van der Waals surface area contributed by atoms with Gasteiger partial charge in [-0.15, -0.1) is 0 Å². The second kappa shape index (κ2) is 4.31. The number of allylic oxidation sites excluding steroid dienone is 1. The van der Waals surface area contributed by atoms with E-state index in [0.29, 0.717) is 6.08 Å². The predicted octanol–water partition coefficient (Wildman–Crippen LogP) is 2.11. The molecule has 1 aromatic carbocycles. The van der Waals surface area contributed by atoms with Crippen LogP contribution in [-0.4, -0.2) is 16.8 Å². The first-order chi connectivity index (χ1) is 7.00. The van der Waals surface area contributed by atoms with Crippen LogP contribution in [0.2, 0.25) is 0 Å². The highest BCUT2D eigenvalue weighted by atomic mass is 19.3. The summed E-state index contributed by atoms with van der Waals surface area (Å²) in [6.07, 6.45) is -1.63. The molecule has 0 saturated heterocycles. The molecule has 0 saturated carbocycles. The maximum Gasteiger partial charge on any atom is 0.338 e. The third-order valence-corrected chi connectivity index (χ3v) is 1.97. The Bertz CT molecular complexity index is 360. The fourth-order valence-electron chi connectivity index (χ4n) is 1.12. The summed E-state index contributed by atoms with van der Waals surface area (Å²) in [5.74, 6) is -5.32. The summed E-state index contributed by atoms with van der Waals surface area (Å²) in [5.41, 5.74) is -0.00213. The first-order valence-electron chi connectivity index (χ1n) is 4.28. The molecular weight excluding hydrogens is 202 g/mol. The molecule has 2 nitrogen and oxygen atoms in total. The van der Waals surface area contributed by atoms with Crippen molar-refractivity contribution in [2.75, 3.05) is 0 Å². The van der Waals surface area contributed by atoms with Crippen molar-refractivity contribution in [3.05, 3.63) is 48.6 Å². The number of benzene rings is 1. The van der Waals surface area contributed by atoms with Gasteiger partial charge in [-0.2, -0.15) is 8.78 Å². The number of hydrogen-bond acceptors (Lipinski definition) is 2. The van der Waals surface area contributed by atoms with E-state index in [1.54, 1.807) is 6.07 Å². The molecule has 4 heteroatoms. The lowest BCUT2D eigenvalue weighted by molar-refractivity contribution is -0.156. The molecule has 0 bridgehead atoms. The number of carbonyl (C=O) groups is 1. The highest BCUT2D eigenvalue weighted by Gasteiger charge is 2.45. The van der Waals surface area contributed by atoms with Crippen molar-refractivity contribution in [3.8, 4) is 0 Å². The predicted molar refractivity (Wildman–Crippen MR) is 51.6 cm³/mol. The lowest BCUT2D eigenvalue weighted by atomic mass is 10.0. The van der Waals surface area contributed by atoms with Crippen molar-refractivity contribution < 1.29 is 18.7 Å². The molecule has 0 aliphatic heterocycles. The summed E-state index contributed by atoms with van der Waals surface area (Å²) in [7, 11) is 0. The summed E-state index contributed by atoms with van der Waals surface area (Å²) in [5, 5.41) is 9.33. The standard InChI is InChI=1S/C11H10F2O2/c1-2-9(14)11(12,13)10(15)8-6-4-3-5-7-8/h2-7,10,15H,1H2. The van der Waals surface area contributed by atoms with E-state index in [4.69, 9.17) is 0 Å². The topological polar surface area (TPSA) is 37.3 Å². The quantitative estimate of drug-likeness (QED) is 0.776. The van der Waals surface area contributed by atoms with Crippen molar-refractivity contribution in [2.24, 2.45) is 0 Å². The molecule has 1 aromatic rings.